The van der Waals surface area contributed by atoms with E-state index in [1.165, 1.54) is 20.1 Å². The summed E-state index contributed by atoms with van der Waals surface area (Å²) in [5.74, 6) is -1.82. The molecule has 9 nitrogen and oxygen atoms in total. The number of phenolic OH excluding ortho intramolecular Hbond substituents is 1. The number of likely N-dealkylation sites (N-methyl/N-ethyl adjacent to an activating group) is 1. The summed E-state index contributed by atoms with van der Waals surface area (Å²) in [6.45, 7) is 1.49. The van der Waals surface area contributed by atoms with Crippen molar-refractivity contribution < 1.29 is 29.3 Å². The Morgan fingerprint density at radius 1 is 1.10 bits per heavy atom. The second-order valence-corrected chi connectivity index (χ2v) is 7.37. The predicted molar refractivity (Wildman–Crippen MR) is 113 cm³/mol. The van der Waals surface area contributed by atoms with Gasteiger partial charge in [0.2, 0.25) is 11.8 Å². The standard InChI is InChI=1S/C22H25N3O6/c1-11-20(27)25-16(22(29)30)9-12-4-6-17(26)14(8-12)15-10-13(5-7-18(15)31-3)19(23-2)21(28)24-11/h4-8,10-11,16,19,23,26H,9H2,1-3H3,(H,24,28)(H,25,27)(H,29,30)/t11-,16?,19?/m0/s1. The van der Waals surface area contributed by atoms with Crippen molar-refractivity contribution in [3.05, 3.63) is 47.5 Å². The summed E-state index contributed by atoms with van der Waals surface area (Å²) in [5, 5.41) is 28.1. The summed E-state index contributed by atoms with van der Waals surface area (Å²) in [5.41, 5.74) is 2.18. The van der Waals surface area contributed by atoms with Crippen molar-refractivity contribution in [1.82, 2.24) is 16.0 Å². The van der Waals surface area contributed by atoms with E-state index in [2.05, 4.69) is 16.0 Å². The molecule has 0 aromatic heterocycles. The summed E-state index contributed by atoms with van der Waals surface area (Å²) in [7, 11) is 3.11. The first-order valence-corrected chi connectivity index (χ1v) is 9.76. The van der Waals surface area contributed by atoms with E-state index in [-0.39, 0.29) is 12.2 Å². The van der Waals surface area contributed by atoms with Gasteiger partial charge in [-0.05, 0) is 49.4 Å². The van der Waals surface area contributed by atoms with E-state index in [1.807, 2.05) is 0 Å². The van der Waals surface area contributed by atoms with Gasteiger partial charge in [0, 0.05) is 17.5 Å². The highest BCUT2D eigenvalue weighted by atomic mass is 16.5. The fraction of sp³-hybridized carbons (Fsp3) is 0.318. The fourth-order valence-corrected chi connectivity index (χ4v) is 3.59. The van der Waals surface area contributed by atoms with Crippen molar-refractivity contribution >= 4 is 17.8 Å². The largest absolute Gasteiger partial charge is 0.507 e. The molecule has 3 rings (SSSR count). The van der Waals surface area contributed by atoms with E-state index in [0.717, 1.165) is 0 Å². The minimum atomic E-state index is -1.21. The highest BCUT2D eigenvalue weighted by Crippen LogP contribution is 2.38. The molecule has 164 valence electrons. The fourth-order valence-electron chi connectivity index (χ4n) is 3.59. The van der Waals surface area contributed by atoms with Gasteiger partial charge in [-0.3, -0.25) is 9.59 Å². The van der Waals surface area contributed by atoms with Crippen LogP contribution in [-0.2, 0) is 20.8 Å². The number of aliphatic carboxylic acids is 1. The van der Waals surface area contributed by atoms with Gasteiger partial charge in [-0.15, -0.1) is 0 Å². The topological polar surface area (TPSA) is 137 Å². The second-order valence-electron chi connectivity index (χ2n) is 7.37. The van der Waals surface area contributed by atoms with E-state index < -0.39 is 35.9 Å². The Morgan fingerprint density at radius 2 is 1.84 bits per heavy atom. The van der Waals surface area contributed by atoms with Crippen LogP contribution in [0.4, 0.5) is 0 Å². The number of phenols is 1. The first-order valence-electron chi connectivity index (χ1n) is 9.76. The third kappa shape index (κ3) is 4.61. The number of rotatable bonds is 3. The average molecular weight is 427 g/mol. The number of nitrogens with one attached hydrogen (secondary N) is 3. The van der Waals surface area contributed by atoms with Gasteiger partial charge >= 0.3 is 5.97 Å². The summed E-state index contributed by atoms with van der Waals surface area (Å²) in [6, 6.07) is 6.92. The van der Waals surface area contributed by atoms with Crippen LogP contribution in [0.2, 0.25) is 0 Å². The third-order valence-electron chi connectivity index (χ3n) is 5.27. The summed E-state index contributed by atoms with van der Waals surface area (Å²) in [6.07, 6.45) is -0.00380. The molecule has 0 aliphatic carbocycles. The first-order chi connectivity index (χ1) is 14.7. The molecule has 1 heterocycles. The van der Waals surface area contributed by atoms with E-state index in [0.29, 0.717) is 28.0 Å². The summed E-state index contributed by atoms with van der Waals surface area (Å²) >= 11 is 0. The Hall–Kier alpha value is -3.59. The maximum absolute atomic E-state index is 12.8. The number of carbonyl (C=O) groups excluding carboxylic acids is 2. The molecule has 1 aliphatic rings. The molecular formula is C22H25N3O6. The number of benzene rings is 2. The van der Waals surface area contributed by atoms with Crippen molar-refractivity contribution in [3.63, 3.8) is 0 Å². The zero-order valence-electron chi connectivity index (χ0n) is 17.4. The van der Waals surface area contributed by atoms with E-state index in [1.54, 1.807) is 37.4 Å². The number of carboxylic acid groups (broad SMARTS) is 1. The Kier molecular flexibility index (Phi) is 6.45. The number of hydrogen-bond acceptors (Lipinski definition) is 6. The van der Waals surface area contributed by atoms with Crippen LogP contribution >= 0.6 is 0 Å². The maximum atomic E-state index is 12.8. The van der Waals surface area contributed by atoms with Crippen molar-refractivity contribution in [1.29, 1.82) is 0 Å². The van der Waals surface area contributed by atoms with Crippen LogP contribution in [0, 0.1) is 0 Å². The lowest BCUT2D eigenvalue weighted by Gasteiger charge is -2.23. The highest BCUT2D eigenvalue weighted by Gasteiger charge is 2.28. The SMILES string of the molecule is CNC1C(=O)N[C@@H](C)C(=O)NC(C(=O)O)Cc2ccc(O)c(c2)-c2cc1ccc2OC. The smallest absolute Gasteiger partial charge is 0.326 e. The van der Waals surface area contributed by atoms with Crippen LogP contribution in [0.1, 0.15) is 24.1 Å². The Balaban J connectivity index is 2.21. The molecule has 31 heavy (non-hydrogen) atoms. The molecular weight excluding hydrogens is 402 g/mol. The Morgan fingerprint density at radius 3 is 2.48 bits per heavy atom. The lowest BCUT2D eigenvalue weighted by atomic mass is 9.94. The van der Waals surface area contributed by atoms with Gasteiger partial charge in [0.05, 0.1) is 7.11 Å². The van der Waals surface area contributed by atoms with E-state index >= 15 is 0 Å². The molecule has 0 spiro atoms. The van der Waals surface area contributed by atoms with Crippen LogP contribution < -0.4 is 20.7 Å². The normalized spacial score (nSPS) is 21.5. The molecule has 5 N–H and O–H groups in total. The molecule has 0 saturated heterocycles. The second kappa shape index (κ2) is 9.05. The number of fused-ring (bicyclic) bond motifs is 5. The quantitative estimate of drug-likeness (QED) is 0.492. The molecule has 2 unspecified atom stereocenters. The molecule has 0 fully saturated rings. The zero-order valence-corrected chi connectivity index (χ0v) is 17.4. The summed E-state index contributed by atoms with van der Waals surface area (Å²) < 4.78 is 5.45. The van der Waals surface area contributed by atoms with Crippen LogP contribution in [0.3, 0.4) is 0 Å². The lowest BCUT2D eigenvalue weighted by molar-refractivity contribution is -0.142. The van der Waals surface area contributed by atoms with Crippen LogP contribution in [0.25, 0.3) is 11.1 Å². The molecule has 1 aliphatic heterocycles. The maximum Gasteiger partial charge on any atom is 0.326 e. The number of aromatic hydroxyl groups is 1. The van der Waals surface area contributed by atoms with Gasteiger partial charge in [-0.1, -0.05) is 12.1 Å². The van der Waals surface area contributed by atoms with Gasteiger partial charge in [-0.2, -0.15) is 0 Å². The van der Waals surface area contributed by atoms with E-state index in [4.69, 9.17) is 4.74 Å². The van der Waals surface area contributed by atoms with Crippen molar-refractivity contribution in [2.45, 2.75) is 31.5 Å². The van der Waals surface area contributed by atoms with Gasteiger partial charge < -0.3 is 30.9 Å². The average Bonchev–Trinajstić information content (AvgIpc) is 2.74. The van der Waals surface area contributed by atoms with Crippen molar-refractivity contribution in [2.24, 2.45) is 0 Å². The molecule has 0 saturated carbocycles. The van der Waals surface area contributed by atoms with Crippen LogP contribution in [0.5, 0.6) is 11.5 Å². The zero-order chi connectivity index (χ0) is 22.7. The highest BCUT2D eigenvalue weighted by molar-refractivity contribution is 5.92. The van der Waals surface area contributed by atoms with Gasteiger partial charge in [0.25, 0.3) is 0 Å². The van der Waals surface area contributed by atoms with Crippen molar-refractivity contribution in [3.8, 4) is 22.6 Å². The minimum Gasteiger partial charge on any atom is -0.507 e. The number of methoxy groups -OCH3 is 1. The van der Waals surface area contributed by atoms with Crippen molar-refractivity contribution in [2.75, 3.05) is 14.2 Å². The van der Waals surface area contributed by atoms with E-state index in [9.17, 15) is 24.6 Å². The van der Waals surface area contributed by atoms with Gasteiger partial charge in [0.1, 0.15) is 29.6 Å². The minimum absolute atomic E-state index is 0.00380. The van der Waals surface area contributed by atoms with Gasteiger partial charge in [-0.25, -0.2) is 4.79 Å². The number of amides is 2. The molecule has 2 amide bonds. The molecule has 4 bridgehead atoms. The Bertz CT molecular complexity index is 1020. The molecule has 0 radical (unpaired) electrons. The first kappa shape index (κ1) is 22.1. The van der Waals surface area contributed by atoms with Crippen LogP contribution in [0.15, 0.2) is 36.4 Å². The molecule has 3 atom stereocenters. The lowest BCUT2D eigenvalue weighted by Crippen LogP contribution is -2.52. The third-order valence-corrected chi connectivity index (χ3v) is 5.27. The van der Waals surface area contributed by atoms with Crippen LogP contribution in [-0.4, -0.2) is 54.2 Å². The predicted octanol–water partition coefficient (Wildman–Crippen LogP) is 0.959. The number of ether oxygens (including phenoxy) is 1. The number of carboxylic acids is 1. The number of carbonyl (C=O) groups is 3. The monoisotopic (exact) mass is 427 g/mol. The van der Waals surface area contributed by atoms with Gasteiger partial charge in [0.15, 0.2) is 0 Å². The number of hydrogen-bond donors (Lipinski definition) is 5. The molecule has 2 aromatic rings. The summed E-state index contributed by atoms with van der Waals surface area (Å²) in [4.78, 5) is 37.1. The Labute approximate surface area is 179 Å². The molecule has 9 heteroatoms. The molecule has 2 aromatic carbocycles.